The van der Waals surface area contributed by atoms with E-state index in [1.165, 1.54) is 0 Å². The molecule has 0 aliphatic rings. The van der Waals surface area contributed by atoms with Gasteiger partial charge >= 0.3 is 0 Å². The highest BCUT2D eigenvalue weighted by atomic mass is 35.5. The molecule has 2 aromatic rings. The molecule has 0 spiro atoms. The molecule has 0 bridgehead atoms. The minimum Gasteiger partial charge on any atom is -0.495 e. The van der Waals surface area contributed by atoms with Crippen molar-refractivity contribution < 1.29 is 9.53 Å². The van der Waals surface area contributed by atoms with Gasteiger partial charge in [-0.05, 0) is 29.8 Å². The smallest absolute Gasteiger partial charge is 0.259 e. The lowest BCUT2D eigenvalue weighted by molar-refractivity contribution is -0.119. The van der Waals surface area contributed by atoms with Crippen molar-refractivity contribution in [3.8, 4) is 5.75 Å². The summed E-state index contributed by atoms with van der Waals surface area (Å²) in [5.74, 6) is 0.427. The van der Waals surface area contributed by atoms with E-state index in [0.717, 1.165) is 11.3 Å². The maximum absolute atomic E-state index is 11.7. The summed E-state index contributed by atoms with van der Waals surface area (Å²) >= 11 is 5.79. The maximum atomic E-state index is 11.7. The van der Waals surface area contributed by atoms with Gasteiger partial charge in [-0.15, -0.1) is 0 Å². The number of halogens is 1. The van der Waals surface area contributed by atoms with Crippen molar-refractivity contribution in [3.63, 3.8) is 0 Å². The number of para-hydroxylation sites is 2. The first-order valence-corrected chi connectivity index (χ1v) is 7.01. The molecule has 0 radical (unpaired) electrons. The van der Waals surface area contributed by atoms with Gasteiger partial charge in [-0.2, -0.15) is 5.10 Å². The second-order valence-electron chi connectivity index (χ2n) is 4.40. The standard InChI is InChI=1S/C16H16ClN3O2/c1-22-15-5-3-2-4-14(15)18-11-16(21)20-19-10-12-6-8-13(17)9-7-12/h2-10,18H,11H2,1H3,(H,20,21)/b19-10-. The van der Waals surface area contributed by atoms with Gasteiger partial charge < -0.3 is 10.1 Å². The third kappa shape index (κ3) is 4.79. The zero-order valence-electron chi connectivity index (χ0n) is 12.0. The van der Waals surface area contributed by atoms with Crippen LogP contribution in [0.4, 0.5) is 5.69 Å². The Morgan fingerprint density at radius 1 is 1.23 bits per heavy atom. The number of methoxy groups -OCH3 is 1. The van der Waals surface area contributed by atoms with Crippen molar-refractivity contribution in [2.24, 2.45) is 5.10 Å². The molecule has 5 nitrogen and oxygen atoms in total. The van der Waals surface area contributed by atoms with E-state index in [1.807, 2.05) is 36.4 Å². The van der Waals surface area contributed by atoms with E-state index in [0.29, 0.717) is 10.8 Å². The van der Waals surface area contributed by atoms with Crippen LogP contribution in [0.3, 0.4) is 0 Å². The summed E-state index contributed by atoms with van der Waals surface area (Å²) < 4.78 is 5.19. The molecule has 6 heteroatoms. The van der Waals surface area contributed by atoms with Gasteiger partial charge in [-0.3, -0.25) is 4.79 Å². The summed E-state index contributed by atoms with van der Waals surface area (Å²) in [6.07, 6.45) is 1.55. The highest BCUT2D eigenvalue weighted by molar-refractivity contribution is 6.30. The number of nitrogens with one attached hydrogen (secondary N) is 2. The van der Waals surface area contributed by atoms with Crippen LogP contribution in [-0.4, -0.2) is 25.8 Å². The molecule has 0 saturated heterocycles. The SMILES string of the molecule is COc1ccccc1NCC(=O)N/N=C\c1ccc(Cl)cc1. The molecule has 0 aliphatic carbocycles. The molecule has 2 rings (SSSR count). The third-order valence-electron chi connectivity index (χ3n) is 2.82. The van der Waals surface area contributed by atoms with E-state index < -0.39 is 0 Å². The topological polar surface area (TPSA) is 62.7 Å². The lowest BCUT2D eigenvalue weighted by Gasteiger charge is -2.09. The predicted octanol–water partition coefficient (Wildman–Crippen LogP) is 2.91. The Morgan fingerprint density at radius 3 is 2.68 bits per heavy atom. The predicted molar refractivity (Wildman–Crippen MR) is 88.7 cm³/mol. The fourth-order valence-electron chi connectivity index (χ4n) is 1.73. The zero-order valence-corrected chi connectivity index (χ0v) is 12.8. The van der Waals surface area contributed by atoms with Gasteiger partial charge in [0.15, 0.2) is 0 Å². The van der Waals surface area contributed by atoms with Crippen molar-refractivity contribution >= 4 is 29.4 Å². The average Bonchev–Trinajstić information content (AvgIpc) is 2.55. The summed E-state index contributed by atoms with van der Waals surface area (Å²) in [5, 5.41) is 7.53. The fraction of sp³-hybridized carbons (Fsp3) is 0.125. The molecular formula is C16H16ClN3O2. The number of nitrogens with zero attached hydrogens (tertiary/aromatic N) is 1. The van der Waals surface area contributed by atoms with Crippen LogP contribution in [0.1, 0.15) is 5.56 Å². The van der Waals surface area contributed by atoms with Crippen LogP contribution in [-0.2, 0) is 4.79 Å². The van der Waals surface area contributed by atoms with E-state index in [4.69, 9.17) is 16.3 Å². The van der Waals surface area contributed by atoms with Crippen molar-refractivity contribution in [3.05, 3.63) is 59.1 Å². The van der Waals surface area contributed by atoms with Crippen LogP contribution in [0.5, 0.6) is 5.75 Å². The number of hydrogen-bond acceptors (Lipinski definition) is 4. The van der Waals surface area contributed by atoms with Crippen LogP contribution in [0, 0.1) is 0 Å². The Morgan fingerprint density at radius 2 is 1.95 bits per heavy atom. The number of rotatable bonds is 6. The third-order valence-corrected chi connectivity index (χ3v) is 3.07. The molecular weight excluding hydrogens is 302 g/mol. The molecule has 1 amide bonds. The van der Waals surface area contributed by atoms with Gasteiger partial charge in [0.25, 0.3) is 5.91 Å². The average molecular weight is 318 g/mol. The molecule has 22 heavy (non-hydrogen) atoms. The van der Waals surface area contributed by atoms with Crippen molar-refractivity contribution in [2.75, 3.05) is 19.0 Å². The minimum atomic E-state index is -0.254. The zero-order chi connectivity index (χ0) is 15.8. The summed E-state index contributed by atoms with van der Waals surface area (Å²) in [6, 6.07) is 14.5. The number of hydrazone groups is 1. The number of hydrogen-bond donors (Lipinski definition) is 2. The first-order valence-electron chi connectivity index (χ1n) is 6.63. The van der Waals surface area contributed by atoms with Gasteiger partial charge in [0.1, 0.15) is 5.75 Å². The van der Waals surface area contributed by atoms with Gasteiger partial charge in [0.2, 0.25) is 0 Å². The number of benzene rings is 2. The molecule has 2 N–H and O–H groups in total. The first kappa shape index (κ1) is 15.9. The summed E-state index contributed by atoms with van der Waals surface area (Å²) in [4.78, 5) is 11.7. The van der Waals surface area contributed by atoms with Crippen molar-refractivity contribution in [2.45, 2.75) is 0 Å². The van der Waals surface area contributed by atoms with Gasteiger partial charge in [0.05, 0.1) is 25.6 Å². The van der Waals surface area contributed by atoms with E-state index in [2.05, 4.69) is 15.8 Å². The number of ether oxygens (including phenoxy) is 1. The Labute approximate surface area is 133 Å². The van der Waals surface area contributed by atoms with Crippen molar-refractivity contribution in [1.82, 2.24) is 5.43 Å². The normalized spacial score (nSPS) is 10.5. The number of anilines is 1. The molecule has 0 fully saturated rings. The molecule has 0 unspecified atom stereocenters. The Kier molecular flexibility index (Phi) is 5.80. The first-order chi connectivity index (χ1) is 10.7. The molecule has 0 aromatic heterocycles. The monoisotopic (exact) mass is 317 g/mol. The second-order valence-corrected chi connectivity index (χ2v) is 4.84. The van der Waals surface area contributed by atoms with E-state index in [1.54, 1.807) is 25.5 Å². The molecule has 0 heterocycles. The Bertz CT molecular complexity index is 657. The highest BCUT2D eigenvalue weighted by Gasteiger charge is 2.03. The molecule has 0 atom stereocenters. The largest absolute Gasteiger partial charge is 0.495 e. The quantitative estimate of drug-likeness (QED) is 0.636. The van der Waals surface area contributed by atoms with E-state index >= 15 is 0 Å². The van der Waals surface area contributed by atoms with Crippen LogP contribution >= 0.6 is 11.6 Å². The lowest BCUT2D eigenvalue weighted by atomic mass is 10.2. The van der Waals surface area contributed by atoms with Gasteiger partial charge in [-0.25, -0.2) is 5.43 Å². The lowest BCUT2D eigenvalue weighted by Crippen LogP contribution is -2.26. The summed E-state index contributed by atoms with van der Waals surface area (Å²) in [5.41, 5.74) is 4.05. The fourth-order valence-corrected chi connectivity index (χ4v) is 1.86. The molecule has 2 aromatic carbocycles. The Balaban J connectivity index is 1.82. The highest BCUT2D eigenvalue weighted by Crippen LogP contribution is 2.22. The number of carbonyl (C=O) groups excluding carboxylic acids is 1. The van der Waals surface area contributed by atoms with Crippen molar-refractivity contribution in [1.29, 1.82) is 0 Å². The number of amides is 1. The maximum Gasteiger partial charge on any atom is 0.259 e. The van der Waals surface area contributed by atoms with E-state index in [-0.39, 0.29) is 12.5 Å². The van der Waals surface area contributed by atoms with Gasteiger partial charge in [0, 0.05) is 5.02 Å². The van der Waals surface area contributed by atoms with Crippen LogP contribution in [0.25, 0.3) is 0 Å². The van der Waals surface area contributed by atoms with Crippen LogP contribution in [0.15, 0.2) is 53.6 Å². The summed E-state index contributed by atoms with van der Waals surface area (Å²) in [6.45, 7) is 0.0956. The number of carbonyl (C=O) groups is 1. The second kappa shape index (κ2) is 8.05. The van der Waals surface area contributed by atoms with Crippen LogP contribution < -0.4 is 15.5 Å². The minimum absolute atomic E-state index is 0.0956. The van der Waals surface area contributed by atoms with E-state index in [9.17, 15) is 4.79 Å². The van der Waals surface area contributed by atoms with Gasteiger partial charge in [-0.1, -0.05) is 35.9 Å². The molecule has 0 saturated carbocycles. The summed E-state index contributed by atoms with van der Waals surface area (Å²) in [7, 11) is 1.58. The molecule has 0 aliphatic heterocycles. The molecule has 114 valence electrons. The van der Waals surface area contributed by atoms with Crippen LogP contribution in [0.2, 0.25) is 5.02 Å². The Hall–Kier alpha value is -2.53.